The Bertz CT molecular complexity index is 1180. The van der Waals surface area contributed by atoms with Crippen molar-refractivity contribution < 1.29 is 19.5 Å². The zero-order chi connectivity index (χ0) is 28.5. The van der Waals surface area contributed by atoms with E-state index < -0.39 is 17.9 Å². The topological polar surface area (TPSA) is 130 Å². The van der Waals surface area contributed by atoms with Crippen LogP contribution >= 0.6 is 11.6 Å². The number of piperidine rings is 1. The third-order valence-electron chi connectivity index (χ3n) is 8.35. The summed E-state index contributed by atoms with van der Waals surface area (Å²) < 4.78 is 1.50. The molecule has 40 heavy (non-hydrogen) atoms. The van der Waals surface area contributed by atoms with E-state index in [-0.39, 0.29) is 17.7 Å². The smallest absolute Gasteiger partial charge is 0.306 e. The van der Waals surface area contributed by atoms with Crippen molar-refractivity contribution in [1.82, 2.24) is 30.4 Å². The highest BCUT2D eigenvalue weighted by Gasteiger charge is 2.42. The van der Waals surface area contributed by atoms with Gasteiger partial charge in [0.1, 0.15) is 12.4 Å². The van der Waals surface area contributed by atoms with Crippen LogP contribution in [0.2, 0.25) is 5.02 Å². The van der Waals surface area contributed by atoms with E-state index in [1.54, 1.807) is 29.2 Å². The summed E-state index contributed by atoms with van der Waals surface area (Å²) in [6.07, 6.45) is 13.8. The summed E-state index contributed by atoms with van der Waals surface area (Å²) in [4.78, 5) is 40.4. The number of carboxylic acids is 1. The summed E-state index contributed by atoms with van der Waals surface area (Å²) in [5, 5.41) is 24.2. The van der Waals surface area contributed by atoms with Crippen molar-refractivity contribution in [2.24, 2.45) is 17.8 Å². The van der Waals surface area contributed by atoms with Gasteiger partial charge in [0.2, 0.25) is 11.8 Å². The molecule has 1 aromatic heterocycles. The number of carboxylic acid groups (broad SMARTS) is 1. The maximum atomic E-state index is 13.7. The van der Waals surface area contributed by atoms with Crippen molar-refractivity contribution in [3.8, 4) is 5.69 Å². The molecule has 2 heterocycles. The summed E-state index contributed by atoms with van der Waals surface area (Å²) in [6, 6.07) is 4.71. The summed E-state index contributed by atoms with van der Waals surface area (Å²) in [7, 11) is 0. The largest absolute Gasteiger partial charge is 0.481 e. The molecule has 1 aromatic carbocycles. The van der Waals surface area contributed by atoms with Crippen molar-refractivity contribution in [2.75, 3.05) is 13.1 Å². The lowest BCUT2D eigenvalue weighted by molar-refractivity contribution is -0.143. The molecule has 3 atom stereocenters. The summed E-state index contributed by atoms with van der Waals surface area (Å²) in [5.41, 5.74) is 1.36. The molecule has 2 fully saturated rings. The molecule has 0 bridgehead atoms. The van der Waals surface area contributed by atoms with Gasteiger partial charge in [-0.15, -0.1) is 5.10 Å². The Morgan fingerprint density at radius 3 is 2.67 bits per heavy atom. The number of likely N-dealkylation sites (tertiary alicyclic amines) is 1. The van der Waals surface area contributed by atoms with Crippen molar-refractivity contribution in [3.05, 3.63) is 41.2 Å². The standard InChI is InChI=1S/C29H39ClN6O4/c1-2-20(29(39)40)10-6-16-31-28(38)27-24(21-8-4-3-5-9-21)11-7-17-35(27)26(37)15-12-22-18-23(30)13-14-25(22)36-19-32-33-34-36/h12-15,18-21,24,27H,2-11,16-17H2,1H3,(H,31,38)(H,39,40). The van der Waals surface area contributed by atoms with E-state index in [9.17, 15) is 19.5 Å². The Hall–Kier alpha value is -3.27. The number of benzene rings is 1. The van der Waals surface area contributed by atoms with Gasteiger partial charge in [-0.05, 0) is 78.6 Å². The predicted molar refractivity (Wildman–Crippen MR) is 152 cm³/mol. The van der Waals surface area contributed by atoms with Crippen LogP contribution in [0.1, 0.15) is 76.7 Å². The van der Waals surface area contributed by atoms with Gasteiger partial charge >= 0.3 is 5.97 Å². The number of carbonyl (C=O) groups is 3. The molecule has 2 aromatic rings. The van der Waals surface area contributed by atoms with Gasteiger partial charge in [-0.2, -0.15) is 4.68 Å². The van der Waals surface area contributed by atoms with E-state index in [4.69, 9.17) is 11.6 Å². The van der Waals surface area contributed by atoms with Crippen LogP contribution in [0.4, 0.5) is 0 Å². The second kappa shape index (κ2) is 14.4. The van der Waals surface area contributed by atoms with Crippen LogP contribution in [0.15, 0.2) is 30.6 Å². The molecular weight excluding hydrogens is 532 g/mol. The van der Waals surface area contributed by atoms with Crippen LogP contribution in [0.25, 0.3) is 11.8 Å². The number of nitrogens with one attached hydrogen (secondary N) is 1. The van der Waals surface area contributed by atoms with Gasteiger partial charge < -0.3 is 15.3 Å². The average molecular weight is 571 g/mol. The van der Waals surface area contributed by atoms with E-state index in [1.165, 1.54) is 23.5 Å². The lowest BCUT2D eigenvalue weighted by atomic mass is 9.72. The number of aliphatic carboxylic acids is 1. The fraction of sp³-hybridized carbons (Fsp3) is 0.586. The minimum absolute atomic E-state index is 0.108. The number of nitrogens with zero attached hydrogens (tertiary/aromatic N) is 5. The fourth-order valence-electron chi connectivity index (χ4n) is 6.23. The highest BCUT2D eigenvalue weighted by atomic mass is 35.5. The number of carbonyl (C=O) groups excluding carboxylic acids is 2. The Labute approximate surface area is 240 Å². The lowest BCUT2D eigenvalue weighted by Gasteiger charge is -2.44. The number of halogens is 1. The van der Waals surface area contributed by atoms with Gasteiger partial charge in [0, 0.05) is 29.8 Å². The minimum Gasteiger partial charge on any atom is -0.481 e. The SMILES string of the molecule is CCC(CCCNC(=O)C1C(C2CCCCC2)CCCN1C(=O)C=Cc1cc(Cl)ccc1-n1cnnn1)C(=O)O. The molecule has 1 saturated heterocycles. The molecule has 2 amide bonds. The third-order valence-corrected chi connectivity index (χ3v) is 8.58. The first-order valence-electron chi connectivity index (χ1n) is 14.4. The molecule has 1 saturated carbocycles. The quantitative estimate of drug-likeness (QED) is 0.300. The van der Waals surface area contributed by atoms with Gasteiger partial charge in [-0.3, -0.25) is 14.4 Å². The van der Waals surface area contributed by atoms with E-state index in [1.807, 2.05) is 6.92 Å². The van der Waals surface area contributed by atoms with E-state index in [0.717, 1.165) is 38.5 Å². The number of amides is 2. The fourth-order valence-corrected chi connectivity index (χ4v) is 6.41. The van der Waals surface area contributed by atoms with E-state index in [2.05, 4.69) is 20.8 Å². The zero-order valence-electron chi connectivity index (χ0n) is 23.0. The molecule has 216 valence electrons. The normalized spacial score (nSPS) is 20.9. The summed E-state index contributed by atoms with van der Waals surface area (Å²) in [5.74, 6) is -1.05. The lowest BCUT2D eigenvalue weighted by Crippen LogP contribution is -2.57. The first-order chi connectivity index (χ1) is 19.4. The van der Waals surface area contributed by atoms with Gasteiger partial charge in [0.05, 0.1) is 11.6 Å². The molecule has 2 N–H and O–H groups in total. The summed E-state index contributed by atoms with van der Waals surface area (Å²) in [6.45, 7) is 2.77. The Balaban J connectivity index is 1.51. The van der Waals surface area contributed by atoms with Crippen molar-refractivity contribution in [1.29, 1.82) is 0 Å². The monoisotopic (exact) mass is 570 g/mol. The highest BCUT2D eigenvalue weighted by molar-refractivity contribution is 6.30. The molecule has 4 rings (SSSR count). The highest BCUT2D eigenvalue weighted by Crippen LogP contribution is 2.38. The average Bonchev–Trinajstić information content (AvgIpc) is 3.50. The first-order valence-corrected chi connectivity index (χ1v) is 14.8. The molecule has 11 heteroatoms. The van der Waals surface area contributed by atoms with Gasteiger partial charge in [-0.25, -0.2) is 0 Å². The van der Waals surface area contributed by atoms with E-state index in [0.29, 0.717) is 54.5 Å². The molecule has 1 aliphatic heterocycles. The molecule has 0 spiro atoms. The van der Waals surface area contributed by atoms with Gasteiger partial charge in [-0.1, -0.05) is 50.6 Å². The number of hydrogen-bond donors (Lipinski definition) is 2. The van der Waals surface area contributed by atoms with Crippen LogP contribution in [0, 0.1) is 17.8 Å². The van der Waals surface area contributed by atoms with Crippen molar-refractivity contribution in [2.45, 2.75) is 77.2 Å². The maximum Gasteiger partial charge on any atom is 0.306 e. The first kappa shape index (κ1) is 29.7. The van der Waals surface area contributed by atoms with Crippen LogP contribution in [0.3, 0.4) is 0 Å². The second-order valence-corrected chi connectivity index (χ2v) is 11.3. The van der Waals surface area contributed by atoms with Crippen LogP contribution in [-0.4, -0.2) is 67.1 Å². The molecule has 0 radical (unpaired) electrons. The van der Waals surface area contributed by atoms with Crippen LogP contribution in [-0.2, 0) is 14.4 Å². The molecular formula is C29H39ClN6O4. The van der Waals surface area contributed by atoms with Crippen LogP contribution in [0.5, 0.6) is 0 Å². The summed E-state index contributed by atoms with van der Waals surface area (Å²) >= 11 is 6.24. The van der Waals surface area contributed by atoms with Gasteiger partial charge in [0.15, 0.2) is 0 Å². The zero-order valence-corrected chi connectivity index (χ0v) is 23.8. The minimum atomic E-state index is -0.801. The third kappa shape index (κ3) is 7.47. The van der Waals surface area contributed by atoms with Crippen molar-refractivity contribution in [3.63, 3.8) is 0 Å². The van der Waals surface area contributed by atoms with Crippen LogP contribution < -0.4 is 5.32 Å². The number of hydrogen-bond acceptors (Lipinski definition) is 6. The second-order valence-electron chi connectivity index (χ2n) is 10.8. The Morgan fingerprint density at radius 2 is 1.98 bits per heavy atom. The van der Waals surface area contributed by atoms with E-state index >= 15 is 0 Å². The molecule has 1 aliphatic carbocycles. The maximum absolute atomic E-state index is 13.7. The molecule has 10 nitrogen and oxygen atoms in total. The molecule has 3 unspecified atom stereocenters. The van der Waals surface area contributed by atoms with Crippen molar-refractivity contribution >= 4 is 35.5 Å². The number of rotatable bonds is 11. The Kier molecular flexibility index (Phi) is 10.7. The van der Waals surface area contributed by atoms with Gasteiger partial charge in [0.25, 0.3) is 0 Å². The number of aromatic nitrogens is 4. The molecule has 2 aliphatic rings. The number of tetrazole rings is 1. The Morgan fingerprint density at radius 1 is 1.18 bits per heavy atom. The predicted octanol–water partition coefficient (Wildman–Crippen LogP) is 4.52.